The fraction of sp³-hybridized carbons (Fsp3) is 0.714. The van der Waals surface area contributed by atoms with Gasteiger partial charge in [0.25, 0.3) is 0 Å². The quantitative estimate of drug-likeness (QED) is 0.774. The van der Waals surface area contributed by atoms with Crippen molar-refractivity contribution in [3.63, 3.8) is 0 Å². The van der Waals surface area contributed by atoms with E-state index in [-0.39, 0.29) is 0 Å². The molecular formula is C14H22BrN3. The number of aryl methyl sites for hydroxylation is 1. The van der Waals surface area contributed by atoms with Gasteiger partial charge in [-0.05, 0) is 54.0 Å². The van der Waals surface area contributed by atoms with Gasteiger partial charge < -0.3 is 4.90 Å². The number of hydrogen-bond acceptors (Lipinski definition) is 3. The van der Waals surface area contributed by atoms with Crippen LogP contribution in [0.5, 0.6) is 0 Å². The molecule has 0 saturated heterocycles. The Balaban J connectivity index is 2.09. The van der Waals surface area contributed by atoms with Crippen molar-refractivity contribution in [1.82, 2.24) is 9.97 Å². The average molecular weight is 312 g/mol. The van der Waals surface area contributed by atoms with Crippen LogP contribution in [0.25, 0.3) is 0 Å². The lowest BCUT2D eigenvalue weighted by Gasteiger charge is -2.39. The molecule has 18 heavy (non-hydrogen) atoms. The maximum Gasteiger partial charge on any atom is 0.133 e. The van der Waals surface area contributed by atoms with Gasteiger partial charge in [0.1, 0.15) is 16.2 Å². The summed E-state index contributed by atoms with van der Waals surface area (Å²) in [6.45, 7) is 6.68. The zero-order valence-corrected chi connectivity index (χ0v) is 13.3. The first-order valence-corrected chi connectivity index (χ1v) is 7.41. The first-order chi connectivity index (χ1) is 8.37. The highest BCUT2D eigenvalue weighted by Crippen LogP contribution is 2.37. The molecule has 0 bridgehead atoms. The van der Waals surface area contributed by atoms with Crippen LogP contribution in [0.2, 0.25) is 0 Å². The summed E-state index contributed by atoms with van der Waals surface area (Å²) in [5, 5.41) is 0. The van der Waals surface area contributed by atoms with Gasteiger partial charge in [0, 0.05) is 19.2 Å². The Morgan fingerprint density at radius 3 is 2.44 bits per heavy atom. The van der Waals surface area contributed by atoms with E-state index in [0.717, 1.165) is 16.2 Å². The molecule has 100 valence electrons. The van der Waals surface area contributed by atoms with Crippen LogP contribution in [-0.4, -0.2) is 23.1 Å². The minimum absolute atomic E-state index is 0.513. The van der Waals surface area contributed by atoms with Crippen molar-refractivity contribution < 1.29 is 0 Å². The Labute approximate surface area is 118 Å². The number of halogens is 1. The second-order valence-corrected chi connectivity index (χ2v) is 6.91. The predicted octanol–water partition coefficient (Wildman–Crippen LogP) is 3.95. The molecule has 0 N–H and O–H groups in total. The Hall–Kier alpha value is -0.640. The van der Waals surface area contributed by atoms with E-state index in [0.29, 0.717) is 11.5 Å². The Morgan fingerprint density at radius 2 is 1.89 bits per heavy atom. The first-order valence-electron chi connectivity index (χ1n) is 6.61. The van der Waals surface area contributed by atoms with Crippen LogP contribution in [-0.2, 0) is 0 Å². The molecule has 1 aromatic heterocycles. The molecule has 0 spiro atoms. The van der Waals surface area contributed by atoms with Gasteiger partial charge >= 0.3 is 0 Å². The molecule has 1 aliphatic rings. The number of hydrogen-bond donors (Lipinski definition) is 0. The van der Waals surface area contributed by atoms with E-state index in [1.54, 1.807) is 0 Å². The third kappa shape index (κ3) is 3.22. The molecule has 1 heterocycles. The van der Waals surface area contributed by atoms with E-state index in [1.165, 1.54) is 25.7 Å². The van der Waals surface area contributed by atoms with Crippen molar-refractivity contribution in [3.05, 3.63) is 16.5 Å². The number of anilines is 1. The summed E-state index contributed by atoms with van der Waals surface area (Å²) in [5.74, 6) is 1.85. The van der Waals surface area contributed by atoms with Gasteiger partial charge in [0.2, 0.25) is 0 Å². The number of rotatable bonds is 2. The fourth-order valence-electron chi connectivity index (χ4n) is 2.66. The van der Waals surface area contributed by atoms with Crippen LogP contribution < -0.4 is 4.90 Å². The maximum absolute atomic E-state index is 4.53. The lowest BCUT2D eigenvalue weighted by Crippen LogP contribution is -2.37. The van der Waals surface area contributed by atoms with Crippen molar-refractivity contribution in [3.8, 4) is 0 Å². The third-order valence-corrected chi connectivity index (χ3v) is 4.42. The van der Waals surface area contributed by atoms with Crippen molar-refractivity contribution in [2.75, 3.05) is 11.9 Å². The van der Waals surface area contributed by atoms with Crippen molar-refractivity contribution in [2.45, 2.75) is 52.5 Å². The van der Waals surface area contributed by atoms with Crippen LogP contribution in [0.4, 0.5) is 5.82 Å². The molecule has 0 amide bonds. The highest BCUT2D eigenvalue weighted by molar-refractivity contribution is 9.10. The molecule has 2 rings (SSSR count). The second kappa shape index (κ2) is 5.16. The molecule has 1 fully saturated rings. The Bertz CT molecular complexity index is 401. The summed E-state index contributed by atoms with van der Waals surface area (Å²) in [4.78, 5) is 11.1. The molecular weight excluding hydrogens is 290 g/mol. The summed E-state index contributed by atoms with van der Waals surface area (Å²) in [6.07, 6.45) is 5.11. The van der Waals surface area contributed by atoms with Crippen molar-refractivity contribution >= 4 is 21.7 Å². The molecule has 1 aromatic rings. The monoisotopic (exact) mass is 311 g/mol. The third-order valence-electron chi connectivity index (χ3n) is 4.01. The van der Waals surface area contributed by atoms with E-state index in [2.05, 4.69) is 51.7 Å². The zero-order chi connectivity index (χ0) is 13.3. The van der Waals surface area contributed by atoms with Crippen LogP contribution in [0.1, 0.15) is 45.4 Å². The summed E-state index contributed by atoms with van der Waals surface area (Å²) in [6, 6.07) is 2.62. The normalized spacial score (nSPS) is 19.8. The Kier molecular flexibility index (Phi) is 3.95. The van der Waals surface area contributed by atoms with E-state index in [9.17, 15) is 0 Å². The van der Waals surface area contributed by atoms with Gasteiger partial charge in [-0.1, -0.05) is 13.8 Å². The summed E-state index contributed by atoms with van der Waals surface area (Å²) >= 11 is 3.45. The lowest BCUT2D eigenvalue weighted by molar-refractivity contribution is 0.222. The molecule has 3 nitrogen and oxygen atoms in total. The highest BCUT2D eigenvalue weighted by Gasteiger charge is 2.29. The molecule has 0 aromatic carbocycles. The average Bonchev–Trinajstić information content (AvgIpc) is 2.27. The topological polar surface area (TPSA) is 29.0 Å². The first kappa shape index (κ1) is 13.8. The summed E-state index contributed by atoms with van der Waals surface area (Å²) in [7, 11) is 2.15. The molecule has 0 atom stereocenters. The van der Waals surface area contributed by atoms with Gasteiger partial charge in [-0.2, -0.15) is 0 Å². The van der Waals surface area contributed by atoms with Crippen LogP contribution in [0, 0.1) is 12.3 Å². The zero-order valence-electron chi connectivity index (χ0n) is 11.7. The van der Waals surface area contributed by atoms with Crippen molar-refractivity contribution in [1.29, 1.82) is 0 Å². The van der Waals surface area contributed by atoms with E-state index >= 15 is 0 Å². The largest absolute Gasteiger partial charge is 0.357 e. The predicted molar refractivity (Wildman–Crippen MR) is 78.9 cm³/mol. The molecule has 0 unspecified atom stereocenters. The van der Waals surface area contributed by atoms with Crippen LogP contribution in [0.15, 0.2) is 10.7 Å². The van der Waals surface area contributed by atoms with E-state index < -0.39 is 0 Å². The summed E-state index contributed by atoms with van der Waals surface area (Å²) in [5.41, 5.74) is 0.513. The minimum atomic E-state index is 0.513. The molecule has 4 heteroatoms. The number of aromatic nitrogens is 2. The molecule has 1 saturated carbocycles. The standard InChI is InChI=1S/C14H22BrN3/c1-10-16-12(15)9-13(17-10)18(4)11-5-7-14(2,3)8-6-11/h9,11H,5-8H2,1-4H3. The molecule has 1 aliphatic carbocycles. The van der Waals surface area contributed by atoms with Gasteiger partial charge in [-0.15, -0.1) is 0 Å². The minimum Gasteiger partial charge on any atom is -0.357 e. The summed E-state index contributed by atoms with van der Waals surface area (Å²) < 4.78 is 0.869. The van der Waals surface area contributed by atoms with Gasteiger partial charge in [-0.3, -0.25) is 0 Å². The smallest absolute Gasteiger partial charge is 0.133 e. The van der Waals surface area contributed by atoms with Crippen LogP contribution in [0.3, 0.4) is 0 Å². The van der Waals surface area contributed by atoms with E-state index in [4.69, 9.17) is 0 Å². The SMILES string of the molecule is Cc1nc(Br)cc(N(C)C2CCC(C)(C)CC2)n1. The maximum atomic E-state index is 4.53. The molecule has 0 radical (unpaired) electrons. The van der Waals surface area contributed by atoms with Gasteiger partial charge in [0.05, 0.1) is 0 Å². The number of nitrogens with zero attached hydrogens (tertiary/aromatic N) is 3. The van der Waals surface area contributed by atoms with Crippen molar-refractivity contribution in [2.24, 2.45) is 5.41 Å². The Morgan fingerprint density at radius 1 is 1.28 bits per heavy atom. The van der Waals surface area contributed by atoms with Gasteiger partial charge in [-0.25, -0.2) is 9.97 Å². The lowest BCUT2D eigenvalue weighted by atomic mass is 9.75. The molecule has 0 aliphatic heterocycles. The fourth-order valence-corrected chi connectivity index (χ4v) is 3.12. The second-order valence-electron chi connectivity index (χ2n) is 6.10. The highest BCUT2D eigenvalue weighted by atomic mass is 79.9. The van der Waals surface area contributed by atoms with E-state index in [1.807, 2.05) is 13.0 Å². The van der Waals surface area contributed by atoms with Gasteiger partial charge in [0.15, 0.2) is 0 Å². The van der Waals surface area contributed by atoms with Crippen LogP contribution >= 0.6 is 15.9 Å².